The molecule has 0 saturated carbocycles. The predicted octanol–water partition coefficient (Wildman–Crippen LogP) is 3.21. The fourth-order valence-electron chi connectivity index (χ4n) is 3.46. The number of nitrogens with zero attached hydrogens (tertiary/aromatic N) is 1. The maximum Gasteiger partial charge on any atom is 0.328 e. The Kier molecular flexibility index (Phi) is 6.70. The highest BCUT2D eigenvalue weighted by Crippen LogP contribution is 2.38. The number of carbonyl (C=O) groups is 2. The molecule has 33 heavy (non-hydrogen) atoms. The first-order valence-corrected chi connectivity index (χ1v) is 12.2. The van der Waals surface area contributed by atoms with Crippen molar-refractivity contribution >= 4 is 33.3 Å². The zero-order chi connectivity index (χ0) is 24.4. The minimum Gasteiger partial charge on any atom is -0.495 e. The number of imide groups is 1. The second-order valence-electron chi connectivity index (χ2n) is 8.78. The largest absolute Gasteiger partial charge is 0.495 e. The number of benzene rings is 2. The number of methoxy groups -OCH3 is 1. The lowest BCUT2D eigenvalue weighted by Gasteiger charge is -2.30. The third-order valence-corrected chi connectivity index (χ3v) is 5.57. The number of carbonyl (C=O) groups excluding carboxylic acids is 2. The van der Waals surface area contributed by atoms with Crippen molar-refractivity contribution < 1.29 is 22.7 Å². The van der Waals surface area contributed by atoms with Gasteiger partial charge in [-0.25, -0.2) is 13.2 Å². The molecule has 9 heteroatoms. The third-order valence-electron chi connectivity index (χ3n) is 4.96. The van der Waals surface area contributed by atoms with Crippen molar-refractivity contribution in [3.8, 4) is 17.6 Å². The standard InChI is InChI=1S/C24H27N3O5S/c1-24(2,3)20-15-19(27-12-11-21(28)25-23(27)29)14-17(22(20)32-4)10-9-16-7-6-8-18(13-16)26-33(5,30)31/h6-8,13-15,26H,11-12H2,1-5H3,(H,25,28,29). The second kappa shape index (κ2) is 9.16. The van der Waals surface area contributed by atoms with E-state index in [0.717, 1.165) is 11.8 Å². The molecule has 0 atom stereocenters. The smallest absolute Gasteiger partial charge is 0.328 e. The van der Waals surface area contributed by atoms with Gasteiger partial charge in [0, 0.05) is 35.5 Å². The molecule has 1 heterocycles. The monoisotopic (exact) mass is 469 g/mol. The number of amides is 3. The van der Waals surface area contributed by atoms with E-state index in [1.165, 1.54) is 4.90 Å². The molecule has 2 aromatic rings. The molecular formula is C24H27N3O5S. The van der Waals surface area contributed by atoms with Gasteiger partial charge in [-0.3, -0.25) is 19.7 Å². The molecule has 174 valence electrons. The fourth-order valence-corrected chi connectivity index (χ4v) is 4.02. The Morgan fingerprint density at radius 1 is 1.12 bits per heavy atom. The van der Waals surface area contributed by atoms with E-state index >= 15 is 0 Å². The van der Waals surface area contributed by atoms with E-state index in [1.54, 1.807) is 37.4 Å². The van der Waals surface area contributed by atoms with Gasteiger partial charge in [0.05, 0.1) is 18.9 Å². The molecule has 3 amide bonds. The van der Waals surface area contributed by atoms with Gasteiger partial charge < -0.3 is 4.74 Å². The number of ether oxygens (including phenoxy) is 1. The molecule has 0 unspecified atom stereocenters. The van der Waals surface area contributed by atoms with Crippen LogP contribution in [-0.4, -0.2) is 40.3 Å². The van der Waals surface area contributed by atoms with Crippen molar-refractivity contribution in [3.63, 3.8) is 0 Å². The first kappa shape index (κ1) is 24.1. The Morgan fingerprint density at radius 3 is 2.45 bits per heavy atom. The van der Waals surface area contributed by atoms with Crippen molar-refractivity contribution in [2.45, 2.75) is 32.6 Å². The highest BCUT2D eigenvalue weighted by molar-refractivity contribution is 7.92. The Bertz CT molecular complexity index is 1270. The number of nitrogens with one attached hydrogen (secondary N) is 2. The Morgan fingerprint density at radius 2 is 1.85 bits per heavy atom. The van der Waals surface area contributed by atoms with Crippen LogP contribution in [0.15, 0.2) is 36.4 Å². The summed E-state index contributed by atoms with van der Waals surface area (Å²) in [6.07, 6.45) is 1.30. The minimum atomic E-state index is -3.41. The van der Waals surface area contributed by atoms with Crippen molar-refractivity contribution in [1.82, 2.24) is 5.32 Å². The normalized spacial score (nSPS) is 14.3. The van der Waals surface area contributed by atoms with Gasteiger partial charge in [-0.05, 0) is 35.7 Å². The summed E-state index contributed by atoms with van der Waals surface area (Å²) in [5, 5.41) is 2.34. The van der Waals surface area contributed by atoms with Crippen LogP contribution >= 0.6 is 0 Å². The Balaban J connectivity index is 2.09. The van der Waals surface area contributed by atoms with Crippen LogP contribution in [0.3, 0.4) is 0 Å². The first-order chi connectivity index (χ1) is 15.4. The summed E-state index contributed by atoms with van der Waals surface area (Å²) in [4.78, 5) is 25.5. The quantitative estimate of drug-likeness (QED) is 0.669. The number of hydrogen-bond donors (Lipinski definition) is 2. The number of anilines is 2. The van der Waals surface area contributed by atoms with E-state index in [2.05, 4.69) is 21.9 Å². The lowest BCUT2D eigenvalue weighted by Crippen LogP contribution is -2.49. The van der Waals surface area contributed by atoms with Gasteiger partial charge in [-0.1, -0.05) is 38.7 Å². The third kappa shape index (κ3) is 6.05. The highest BCUT2D eigenvalue weighted by Gasteiger charge is 2.28. The summed E-state index contributed by atoms with van der Waals surface area (Å²) in [6.45, 7) is 6.37. The lowest BCUT2D eigenvalue weighted by atomic mass is 9.84. The van der Waals surface area contributed by atoms with Crippen LogP contribution in [-0.2, 0) is 20.2 Å². The van der Waals surface area contributed by atoms with Gasteiger partial charge in [-0.15, -0.1) is 0 Å². The topological polar surface area (TPSA) is 105 Å². The van der Waals surface area contributed by atoms with Gasteiger partial charge >= 0.3 is 6.03 Å². The summed E-state index contributed by atoms with van der Waals surface area (Å²) in [5.74, 6) is 6.45. The maximum absolute atomic E-state index is 12.4. The molecule has 1 fully saturated rings. The molecular weight excluding hydrogens is 442 g/mol. The molecule has 2 N–H and O–H groups in total. The van der Waals surface area contributed by atoms with E-state index in [4.69, 9.17) is 4.74 Å². The number of hydrogen-bond acceptors (Lipinski definition) is 5. The molecule has 0 spiro atoms. The molecule has 2 aromatic carbocycles. The average Bonchev–Trinajstić information content (AvgIpc) is 2.70. The maximum atomic E-state index is 12.4. The lowest BCUT2D eigenvalue weighted by molar-refractivity contribution is -0.120. The number of urea groups is 1. The molecule has 1 aliphatic heterocycles. The minimum absolute atomic E-state index is 0.212. The van der Waals surface area contributed by atoms with Crippen LogP contribution in [0.25, 0.3) is 0 Å². The van der Waals surface area contributed by atoms with E-state index in [-0.39, 0.29) is 24.3 Å². The molecule has 8 nitrogen and oxygen atoms in total. The number of sulfonamides is 1. The van der Waals surface area contributed by atoms with Crippen LogP contribution < -0.4 is 19.7 Å². The van der Waals surface area contributed by atoms with Gasteiger partial charge in [0.25, 0.3) is 0 Å². The van der Waals surface area contributed by atoms with Crippen molar-refractivity contribution in [2.24, 2.45) is 0 Å². The summed E-state index contributed by atoms with van der Waals surface area (Å²) in [7, 11) is -1.84. The van der Waals surface area contributed by atoms with Crippen LogP contribution in [0.4, 0.5) is 16.2 Å². The van der Waals surface area contributed by atoms with E-state index in [9.17, 15) is 18.0 Å². The summed E-state index contributed by atoms with van der Waals surface area (Å²) in [6, 6.07) is 9.92. The molecule has 1 aliphatic rings. The fraction of sp³-hybridized carbons (Fsp3) is 0.333. The molecule has 0 aliphatic carbocycles. The molecule has 0 aromatic heterocycles. The SMILES string of the molecule is COc1c(C#Cc2cccc(NS(C)(=O)=O)c2)cc(N2CCC(=O)NC2=O)cc1C(C)(C)C. The molecule has 0 bridgehead atoms. The van der Waals surface area contributed by atoms with Gasteiger partial charge in [-0.2, -0.15) is 0 Å². The van der Waals surface area contributed by atoms with E-state index in [1.807, 2.05) is 26.8 Å². The summed E-state index contributed by atoms with van der Waals surface area (Å²) >= 11 is 0. The van der Waals surface area contributed by atoms with Crippen molar-refractivity contribution in [3.05, 3.63) is 53.1 Å². The Labute approximate surface area is 194 Å². The zero-order valence-corrected chi connectivity index (χ0v) is 20.1. The molecule has 3 rings (SSSR count). The summed E-state index contributed by atoms with van der Waals surface area (Å²) < 4.78 is 31.2. The van der Waals surface area contributed by atoms with Crippen LogP contribution in [0.2, 0.25) is 0 Å². The van der Waals surface area contributed by atoms with Crippen molar-refractivity contribution in [2.75, 3.05) is 29.5 Å². The van der Waals surface area contributed by atoms with E-state index in [0.29, 0.717) is 28.3 Å². The first-order valence-electron chi connectivity index (χ1n) is 10.3. The van der Waals surface area contributed by atoms with Crippen molar-refractivity contribution in [1.29, 1.82) is 0 Å². The van der Waals surface area contributed by atoms with Gasteiger partial charge in [0.1, 0.15) is 5.75 Å². The molecule has 0 radical (unpaired) electrons. The average molecular weight is 470 g/mol. The molecule has 1 saturated heterocycles. The second-order valence-corrected chi connectivity index (χ2v) is 10.5. The zero-order valence-electron chi connectivity index (χ0n) is 19.3. The van der Waals surface area contributed by atoms with Gasteiger partial charge in [0.2, 0.25) is 15.9 Å². The predicted molar refractivity (Wildman–Crippen MR) is 128 cm³/mol. The van der Waals surface area contributed by atoms with Crippen LogP contribution in [0, 0.1) is 11.8 Å². The van der Waals surface area contributed by atoms with E-state index < -0.39 is 16.1 Å². The van der Waals surface area contributed by atoms with Gasteiger partial charge in [0.15, 0.2) is 0 Å². The van der Waals surface area contributed by atoms with Crippen LogP contribution in [0.5, 0.6) is 5.75 Å². The highest BCUT2D eigenvalue weighted by atomic mass is 32.2. The summed E-state index contributed by atoms with van der Waals surface area (Å²) in [5.41, 5.74) is 2.77. The Hall–Kier alpha value is -3.51. The van der Waals surface area contributed by atoms with Crippen LogP contribution in [0.1, 0.15) is 43.9 Å². The number of rotatable bonds is 4.